The molecule has 1 aromatic carbocycles. The summed E-state index contributed by atoms with van der Waals surface area (Å²) in [5.74, 6) is 2.12. The number of H-pyrrole nitrogens is 1. The minimum atomic E-state index is -0.289. The fourth-order valence-electron chi connectivity index (χ4n) is 4.81. The summed E-state index contributed by atoms with van der Waals surface area (Å²) in [6.07, 6.45) is 4.36. The van der Waals surface area contributed by atoms with Gasteiger partial charge in [0.2, 0.25) is 0 Å². The summed E-state index contributed by atoms with van der Waals surface area (Å²) in [6, 6.07) is 5.83. The molecule has 26 heavy (non-hydrogen) atoms. The van der Waals surface area contributed by atoms with Crippen LogP contribution in [0.4, 0.5) is 0 Å². The zero-order valence-corrected chi connectivity index (χ0v) is 16.5. The van der Waals surface area contributed by atoms with E-state index < -0.39 is 0 Å². The molecule has 3 heterocycles. The summed E-state index contributed by atoms with van der Waals surface area (Å²) in [6.45, 7) is 1.46. The van der Waals surface area contributed by atoms with Gasteiger partial charge < -0.3 is 14.5 Å². The maximum atomic E-state index is 12.9. The van der Waals surface area contributed by atoms with Crippen molar-refractivity contribution in [2.45, 2.75) is 30.3 Å². The Balaban J connectivity index is 0.00000168. The molecular formula is C19H23ClN2O3S. The predicted molar refractivity (Wildman–Crippen MR) is 106 cm³/mol. The van der Waals surface area contributed by atoms with Crippen LogP contribution in [-0.4, -0.2) is 53.7 Å². The molecule has 0 radical (unpaired) electrons. The highest BCUT2D eigenvalue weighted by molar-refractivity contribution is 7.98. The lowest BCUT2D eigenvalue weighted by Gasteiger charge is -2.49. The summed E-state index contributed by atoms with van der Waals surface area (Å²) >= 11 is 1.69. The van der Waals surface area contributed by atoms with Crippen LogP contribution in [0.2, 0.25) is 0 Å². The number of aromatic amines is 1. The van der Waals surface area contributed by atoms with Crippen molar-refractivity contribution in [2.75, 3.05) is 32.3 Å². The first-order valence-corrected chi connectivity index (χ1v) is 10.2. The first-order valence-electron chi connectivity index (χ1n) is 8.81. The van der Waals surface area contributed by atoms with Crippen molar-refractivity contribution in [1.29, 1.82) is 0 Å². The van der Waals surface area contributed by atoms with Gasteiger partial charge in [-0.1, -0.05) is 0 Å². The van der Waals surface area contributed by atoms with E-state index in [1.165, 1.54) is 17.4 Å². The van der Waals surface area contributed by atoms with Gasteiger partial charge in [-0.2, -0.15) is 11.8 Å². The van der Waals surface area contributed by atoms with Gasteiger partial charge in [0.25, 0.3) is 0 Å². The van der Waals surface area contributed by atoms with Crippen molar-refractivity contribution < 1.29 is 14.3 Å². The lowest BCUT2D eigenvalue weighted by Crippen LogP contribution is -2.57. The van der Waals surface area contributed by atoms with Crippen molar-refractivity contribution in [3.63, 3.8) is 0 Å². The van der Waals surface area contributed by atoms with E-state index in [0.29, 0.717) is 12.5 Å². The van der Waals surface area contributed by atoms with Gasteiger partial charge in [-0.3, -0.25) is 4.90 Å². The first kappa shape index (κ1) is 18.0. The Labute approximate surface area is 163 Å². The number of carbonyl (C=O) groups excluding carboxylic acids is 1. The third-order valence-corrected chi connectivity index (χ3v) is 6.74. The van der Waals surface area contributed by atoms with Crippen molar-refractivity contribution >= 4 is 41.0 Å². The minimum Gasteiger partial charge on any atom is -0.497 e. The second kappa shape index (κ2) is 6.36. The molecule has 7 heteroatoms. The number of thioether (sulfide) groups is 1. The number of halogens is 1. The Morgan fingerprint density at radius 2 is 2.31 bits per heavy atom. The predicted octanol–water partition coefficient (Wildman–Crippen LogP) is 3.49. The number of methoxy groups -OCH3 is 1. The van der Waals surface area contributed by atoms with E-state index in [-0.39, 0.29) is 30.0 Å². The molecule has 1 saturated carbocycles. The van der Waals surface area contributed by atoms with Crippen LogP contribution in [0.5, 0.6) is 5.75 Å². The molecule has 2 aromatic rings. The van der Waals surface area contributed by atoms with Gasteiger partial charge in [0.05, 0.1) is 7.11 Å². The van der Waals surface area contributed by atoms with Crippen molar-refractivity contribution in [1.82, 2.24) is 9.88 Å². The van der Waals surface area contributed by atoms with Crippen LogP contribution in [0.25, 0.3) is 10.9 Å². The number of hydrogen-bond donors (Lipinski definition) is 1. The van der Waals surface area contributed by atoms with E-state index in [9.17, 15) is 4.79 Å². The number of rotatable bonds is 5. The molecule has 3 unspecified atom stereocenters. The standard InChI is InChI=1S/C19H22N2O3S.ClH/c1-23-11-3-4-14-12(9-11)15-13-10-19(13)5-6-21(19)17(16(15)20-14)18(22)24-7-8-25-2;/h3-4,9,13,17,20H,5-8,10H2,1-2H3;1H. The molecule has 2 aliphatic heterocycles. The molecule has 5 nitrogen and oxygen atoms in total. The van der Waals surface area contributed by atoms with Gasteiger partial charge in [-0.15, -0.1) is 12.4 Å². The van der Waals surface area contributed by atoms with Crippen molar-refractivity contribution in [3.8, 4) is 5.75 Å². The Morgan fingerprint density at radius 3 is 3.00 bits per heavy atom. The molecule has 1 aliphatic carbocycles. The molecule has 1 spiro atoms. The fraction of sp³-hybridized carbons (Fsp3) is 0.526. The Bertz CT molecular complexity index is 870. The number of ether oxygens (including phenoxy) is 2. The van der Waals surface area contributed by atoms with Gasteiger partial charge in [-0.25, -0.2) is 4.79 Å². The zero-order valence-electron chi connectivity index (χ0n) is 14.9. The molecule has 140 valence electrons. The molecule has 2 fully saturated rings. The molecule has 0 bridgehead atoms. The lowest BCUT2D eigenvalue weighted by molar-refractivity contribution is -0.155. The molecule has 5 rings (SSSR count). The summed E-state index contributed by atoms with van der Waals surface area (Å²) in [7, 11) is 1.69. The SMILES string of the molecule is COc1ccc2[nH]c3c(c2c1)C1CC12CCN2C3C(=O)OCCSC.Cl. The zero-order chi connectivity index (χ0) is 17.2. The highest BCUT2D eigenvalue weighted by atomic mass is 35.5. The number of nitrogens with zero attached hydrogens (tertiary/aromatic N) is 1. The third kappa shape index (κ3) is 2.31. The van der Waals surface area contributed by atoms with Gasteiger partial charge in [-0.05, 0) is 42.9 Å². The highest BCUT2D eigenvalue weighted by Gasteiger charge is 2.70. The van der Waals surface area contributed by atoms with Crippen LogP contribution in [0, 0.1) is 0 Å². The maximum Gasteiger partial charge on any atom is 0.329 e. The summed E-state index contributed by atoms with van der Waals surface area (Å²) < 4.78 is 11.0. The number of fused-ring (bicyclic) bond motifs is 4. The Hall–Kier alpha value is -1.37. The number of benzene rings is 1. The summed E-state index contributed by atoms with van der Waals surface area (Å²) in [5.41, 5.74) is 3.64. The van der Waals surface area contributed by atoms with Gasteiger partial charge in [0, 0.05) is 40.4 Å². The van der Waals surface area contributed by atoms with Crippen LogP contribution in [-0.2, 0) is 9.53 Å². The normalized spacial score (nSPS) is 28.2. The Morgan fingerprint density at radius 1 is 1.46 bits per heavy atom. The van der Waals surface area contributed by atoms with E-state index >= 15 is 0 Å². The average molecular weight is 395 g/mol. The lowest BCUT2D eigenvalue weighted by atomic mass is 9.84. The van der Waals surface area contributed by atoms with E-state index in [0.717, 1.165) is 35.7 Å². The van der Waals surface area contributed by atoms with Gasteiger partial charge in [0.1, 0.15) is 18.4 Å². The summed E-state index contributed by atoms with van der Waals surface area (Å²) in [5, 5.41) is 1.20. The molecule has 1 saturated heterocycles. The van der Waals surface area contributed by atoms with Gasteiger partial charge >= 0.3 is 5.97 Å². The second-order valence-electron chi connectivity index (χ2n) is 7.23. The van der Waals surface area contributed by atoms with E-state index in [1.807, 2.05) is 12.3 Å². The molecule has 3 atom stereocenters. The minimum absolute atomic E-state index is 0. The number of carbonyl (C=O) groups is 1. The van der Waals surface area contributed by atoms with E-state index in [2.05, 4.69) is 22.0 Å². The van der Waals surface area contributed by atoms with Crippen LogP contribution in [0.1, 0.15) is 36.1 Å². The molecular weight excluding hydrogens is 372 g/mol. The molecule has 1 N–H and O–H groups in total. The molecule has 3 aliphatic rings. The first-order chi connectivity index (χ1) is 12.2. The van der Waals surface area contributed by atoms with Crippen LogP contribution >= 0.6 is 24.2 Å². The quantitative estimate of drug-likeness (QED) is 0.621. The van der Waals surface area contributed by atoms with Crippen molar-refractivity contribution in [2.24, 2.45) is 0 Å². The number of nitrogens with one attached hydrogen (secondary N) is 1. The average Bonchev–Trinajstić information content (AvgIpc) is 3.28. The van der Waals surface area contributed by atoms with Crippen LogP contribution < -0.4 is 4.74 Å². The van der Waals surface area contributed by atoms with E-state index in [1.54, 1.807) is 18.9 Å². The van der Waals surface area contributed by atoms with Crippen LogP contribution in [0.3, 0.4) is 0 Å². The molecule has 1 aromatic heterocycles. The van der Waals surface area contributed by atoms with Crippen LogP contribution in [0.15, 0.2) is 18.2 Å². The maximum absolute atomic E-state index is 12.9. The largest absolute Gasteiger partial charge is 0.497 e. The number of hydrogen-bond acceptors (Lipinski definition) is 5. The highest BCUT2D eigenvalue weighted by Crippen LogP contribution is 2.69. The number of esters is 1. The summed E-state index contributed by atoms with van der Waals surface area (Å²) in [4.78, 5) is 18.8. The number of aromatic nitrogens is 1. The Kier molecular flexibility index (Phi) is 4.40. The monoisotopic (exact) mass is 394 g/mol. The fourth-order valence-corrected chi connectivity index (χ4v) is 5.06. The van der Waals surface area contributed by atoms with Gasteiger partial charge in [0.15, 0.2) is 0 Å². The second-order valence-corrected chi connectivity index (χ2v) is 8.22. The molecule has 0 amide bonds. The van der Waals surface area contributed by atoms with Crippen molar-refractivity contribution in [3.05, 3.63) is 29.5 Å². The smallest absolute Gasteiger partial charge is 0.329 e. The third-order valence-electron chi connectivity index (χ3n) is 6.17. The van der Waals surface area contributed by atoms with E-state index in [4.69, 9.17) is 9.47 Å². The topological polar surface area (TPSA) is 54.6 Å².